The third-order valence-corrected chi connectivity index (χ3v) is 3.97. The number of benzene rings is 2. The van der Waals surface area contributed by atoms with Gasteiger partial charge < -0.3 is 10.2 Å². The molecule has 0 saturated heterocycles. The predicted octanol–water partition coefficient (Wildman–Crippen LogP) is 2.47. The Morgan fingerprint density at radius 3 is 2.71 bits per heavy atom. The van der Waals surface area contributed by atoms with Gasteiger partial charge in [0.2, 0.25) is 0 Å². The summed E-state index contributed by atoms with van der Waals surface area (Å²) in [5, 5.41) is 11.0. The minimum Gasteiger partial charge on any atom is -0.348 e. The molecule has 1 heterocycles. The maximum absolute atomic E-state index is 12.8. The van der Waals surface area contributed by atoms with Crippen molar-refractivity contribution in [2.24, 2.45) is 0 Å². The molecule has 2 aromatic carbocycles. The van der Waals surface area contributed by atoms with E-state index in [0.717, 1.165) is 23.9 Å². The van der Waals surface area contributed by atoms with Crippen LogP contribution in [0, 0.1) is 0 Å². The van der Waals surface area contributed by atoms with Gasteiger partial charge >= 0.3 is 0 Å². The number of aromatic amines is 1. The lowest BCUT2D eigenvalue weighted by atomic mass is 10.0. The number of rotatable bonds is 6. The summed E-state index contributed by atoms with van der Waals surface area (Å²) in [4.78, 5) is 14.8. The number of likely N-dealkylation sites (N-methyl/N-ethyl adjacent to an activating group) is 1. The summed E-state index contributed by atoms with van der Waals surface area (Å²) in [6, 6.07) is 15.9. The van der Waals surface area contributed by atoms with Crippen LogP contribution in [0.3, 0.4) is 0 Å². The zero-order valence-electron chi connectivity index (χ0n) is 14.0. The lowest BCUT2D eigenvalue weighted by molar-refractivity contribution is 0.0931. The van der Waals surface area contributed by atoms with Gasteiger partial charge in [-0.25, -0.2) is 0 Å². The number of amides is 1. The molecule has 0 aliphatic rings. The highest BCUT2D eigenvalue weighted by Crippen LogP contribution is 2.16. The molecule has 124 valence electrons. The van der Waals surface area contributed by atoms with Gasteiger partial charge in [0, 0.05) is 18.0 Å². The lowest BCUT2D eigenvalue weighted by Gasteiger charge is -2.22. The second-order valence-corrected chi connectivity index (χ2v) is 6.26. The summed E-state index contributed by atoms with van der Waals surface area (Å²) >= 11 is 0. The van der Waals surface area contributed by atoms with Crippen molar-refractivity contribution in [3.05, 3.63) is 65.9 Å². The van der Waals surface area contributed by atoms with E-state index < -0.39 is 0 Å². The first kappa shape index (κ1) is 16.2. The van der Waals surface area contributed by atoms with Crippen molar-refractivity contribution in [1.82, 2.24) is 20.4 Å². The van der Waals surface area contributed by atoms with Crippen molar-refractivity contribution in [2.45, 2.75) is 12.5 Å². The van der Waals surface area contributed by atoms with Gasteiger partial charge in [0.25, 0.3) is 5.91 Å². The molecule has 2 N–H and O–H groups in total. The number of hydrogen-bond acceptors (Lipinski definition) is 3. The summed E-state index contributed by atoms with van der Waals surface area (Å²) in [7, 11) is 4.03. The Balaban J connectivity index is 1.78. The van der Waals surface area contributed by atoms with Crippen LogP contribution >= 0.6 is 0 Å². The maximum Gasteiger partial charge on any atom is 0.253 e. The van der Waals surface area contributed by atoms with E-state index in [1.807, 2.05) is 50.5 Å². The number of nitrogens with zero attached hydrogens (tertiary/aromatic N) is 2. The number of carbonyl (C=O) groups excluding carboxylic acids is 1. The predicted molar refractivity (Wildman–Crippen MR) is 96.0 cm³/mol. The van der Waals surface area contributed by atoms with Gasteiger partial charge in [-0.3, -0.25) is 9.89 Å². The Morgan fingerprint density at radius 1 is 1.17 bits per heavy atom. The average Bonchev–Trinajstić information content (AvgIpc) is 3.03. The molecule has 0 radical (unpaired) electrons. The maximum atomic E-state index is 12.8. The van der Waals surface area contributed by atoms with E-state index >= 15 is 0 Å². The molecular formula is C19H22N4O. The zero-order chi connectivity index (χ0) is 16.9. The third-order valence-electron chi connectivity index (χ3n) is 3.97. The molecule has 0 aliphatic carbocycles. The summed E-state index contributed by atoms with van der Waals surface area (Å²) in [5.41, 5.74) is 2.62. The highest BCUT2D eigenvalue weighted by molar-refractivity contribution is 6.05. The topological polar surface area (TPSA) is 61.0 Å². The van der Waals surface area contributed by atoms with Crippen molar-refractivity contribution < 1.29 is 4.79 Å². The van der Waals surface area contributed by atoms with E-state index in [9.17, 15) is 4.79 Å². The Hall–Kier alpha value is -2.66. The van der Waals surface area contributed by atoms with Crippen LogP contribution in [-0.2, 0) is 6.42 Å². The molecule has 0 spiro atoms. The monoisotopic (exact) mass is 322 g/mol. The first-order chi connectivity index (χ1) is 11.6. The highest BCUT2D eigenvalue weighted by Gasteiger charge is 2.17. The SMILES string of the molecule is CN(C)C[C@@H](Cc1ccccc1)NC(=O)c1cccc2cn[nH]c12. The number of para-hydroxylation sites is 1. The number of aromatic nitrogens is 2. The standard InChI is InChI=1S/C19H22N4O/c1-23(2)13-16(11-14-7-4-3-5-8-14)21-19(24)17-10-6-9-15-12-20-22-18(15)17/h3-10,12,16H,11,13H2,1-2H3,(H,20,22)(H,21,24)/t16-/m1/s1. The fourth-order valence-corrected chi connectivity index (χ4v) is 2.92. The van der Waals surface area contributed by atoms with Gasteiger partial charge in [-0.05, 0) is 32.1 Å². The molecule has 0 aliphatic heterocycles. The summed E-state index contributed by atoms with van der Waals surface area (Å²) < 4.78 is 0. The molecule has 5 nitrogen and oxygen atoms in total. The molecule has 3 rings (SSSR count). The van der Waals surface area contributed by atoms with Gasteiger partial charge in [0.05, 0.1) is 17.3 Å². The fourth-order valence-electron chi connectivity index (χ4n) is 2.92. The van der Waals surface area contributed by atoms with Crippen molar-refractivity contribution >= 4 is 16.8 Å². The molecule has 1 amide bonds. The summed E-state index contributed by atoms with van der Waals surface area (Å²) in [6.07, 6.45) is 2.52. The Morgan fingerprint density at radius 2 is 1.96 bits per heavy atom. The van der Waals surface area contributed by atoms with Gasteiger partial charge in [0.1, 0.15) is 0 Å². The molecule has 0 saturated carbocycles. The van der Waals surface area contributed by atoms with E-state index in [-0.39, 0.29) is 11.9 Å². The molecule has 24 heavy (non-hydrogen) atoms. The van der Waals surface area contributed by atoms with Crippen LogP contribution in [0.25, 0.3) is 10.9 Å². The van der Waals surface area contributed by atoms with Gasteiger partial charge in [-0.15, -0.1) is 0 Å². The molecule has 5 heteroatoms. The van der Waals surface area contributed by atoms with Crippen LogP contribution in [-0.4, -0.2) is 47.7 Å². The second kappa shape index (κ2) is 7.27. The molecule has 1 atom stereocenters. The van der Waals surface area contributed by atoms with Crippen LogP contribution in [0.1, 0.15) is 15.9 Å². The largest absolute Gasteiger partial charge is 0.348 e. The van der Waals surface area contributed by atoms with Gasteiger partial charge in [-0.2, -0.15) is 5.10 Å². The Kier molecular flexibility index (Phi) is 4.91. The van der Waals surface area contributed by atoms with E-state index in [1.165, 1.54) is 5.56 Å². The summed E-state index contributed by atoms with van der Waals surface area (Å²) in [5.74, 6) is -0.0763. The summed E-state index contributed by atoms with van der Waals surface area (Å²) in [6.45, 7) is 0.777. The highest BCUT2D eigenvalue weighted by atomic mass is 16.1. The first-order valence-electron chi connectivity index (χ1n) is 8.05. The van der Waals surface area contributed by atoms with Gasteiger partial charge in [-0.1, -0.05) is 42.5 Å². The van der Waals surface area contributed by atoms with Crippen LogP contribution in [0.5, 0.6) is 0 Å². The number of carbonyl (C=O) groups is 1. The van der Waals surface area contributed by atoms with E-state index in [4.69, 9.17) is 0 Å². The Labute approximate surface area is 141 Å². The average molecular weight is 322 g/mol. The van der Waals surface area contributed by atoms with Gasteiger partial charge in [0.15, 0.2) is 0 Å². The smallest absolute Gasteiger partial charge is 0.253 e. The van der Waals surface area contributed by atoms with E-state index in [2.05, 4.69) is 32.5 Å². The lowest BCUT2D eigenvalue weighted by Crippen LogP contribution is -2.43. The van der Waals surface area contributed by atoms with Crippen molar-refractivity contribution in [3.8, 4) is 0 Å². The fraction of sp³-hybridized carbons (Fsp3) is 0.263. The molecule has 3 aromatic rings. The van der Waals surface area contributed by atoms with E-state index in [0.29, 0.717) is 5.56 Å². The quantitative estimate of drug-likeness (QED) is 0.733. The number of fused-ring (bicyclic) bond motifs is 1. The van der Waals surface area contributed by atoms with Crippen molar-refractivity contribution in [3.63, 3.8) is 0 Å². The first-order valence-corrected chi connectivity index (χ1v) is 8.05. The second-order valence-electron chi connectivity index (χ2n) is 6.26. The van der Waals surface area contributed by atoms with Crippen LogP contribution < -0.4 is 5.32 Å². The molecule has 0 bridgehead atoms. The number of nitrogens with one attached hydrogen (secondary N) is 2. The zero-order valence-corrected chi connectivity index (χ0v) is 14.0. The van der Waals surface area contributed by atoms with Crippen molar-refractivity contribution in [2.75, 3.05) is 20.6 Å². The third kappa shape index (κ3) is 3.81. The molecule has 0 fully saturated rings. The minimum atomic E-state index is -0.0763. The minimum absolute atomic E-state index is 0.0353. The molecule has 0 unspecified atom stereocenters. The normalized spacial score (nSPS) is 12.5. The van der Waals surface area contributed by atoms with Crippen LogP contribution in [0.15, 0.2) is 54.7 Å². The van der Waals surface area contributed by atoms with Crippen molar-refractivity contribution in [1.29, 1.82) is 0 Å². The molecular weight excluding hydrogens is 300 g/mol. The van der Waals surface area contributed by atoms with E-state index in [1.54, 1.807) is 6.20 Å². The van der Waals surface area contributed by atoms with Crippen LogP contribution in [0.2, 0.25) is 0 Å². The number of hydrogen-bond donors (Lipinski definition) is 2. The Bertz CT molecular complexity index is 810. The number of H-pyrrole nitrogens is 1. The molecule has 1 aromatic heterocycles. The van der Waals surface area contributed by atoms with Crippen LogP contribution in [0.4, 0.5) is 0 Å².